The number of non-ortho nitro benzene ring substituents is 1. The lowest BCUT2D eigenvalue weighted by Gasteiger charge is -1.96. The smallest absolute Gasteiger partial charge is 0.258 e. The SMILES string of the molecule is O=[N+]([O-])c1ccc2c(ccc3nonc32)c1. The van der Waals surface area contributed by atoms with Gasteiger partial charge in [-0.1, -0.05) is 6.07 Å². The third kappa shape index (κ3) is 1.13. The molecule has 0 atom stereocenters. The van der Waals surface area contributed by atoms with E-state index in [-0.39, 0.29) is 5.69 Å². The first-order chi connectivity index (χ1) is 7.75. The van der Waals surface area contributed by atoms with Gasteiger partial charge >= 0.3 is 0 Å². The van der Waals surface area contributed by atoms with E-state index in [1.54, 1.807) is 18.2 Å². The number of nitrogens with zero attached hydrogens (tertiary/aromatic N) is 3. The van der Waals surface area contributed by atoms with E-state index >= 15 is 0 Å². The van der Waals surface area contributed by atoms with E-state index in [9.17, 15) is 10.1 Å². The summed E-state index contributed by atoms with van der Waals surface area (Å²) in [6.07, 6.45) is 0. The topological polar surface area (TPSA) is 82.1 Å². The van der Waals surface area contributed by atoms with Gasteiger partial charge in [0.15, 0.2) is 0 Å². The van der Waals surface area contributed by atoms with Gasteiger partial charge in [0, 0.05) is 17.5 Å². The molecule has 3 aromatic rings. The lowest BCUT2D eigenvalue weighted by molar-refractivity contribution is -0.384. The van der Waals surface area contributed by atoms with E-state index in [0.717, 1.165) is 10.8 Å². The number of nitro groups is 1. The van der Waals surface area contributed by atoms with Gasteiger partial charge < -0.3 is 0 Å². The third-order valence-corrected chi connectivity index (χ3v) is 2.44. The number of benzene rings is 2. The molecular weight excluding hydrogens is 210 g/mol. The lowest BCUT2D eigenvalue weighted by Crippen LogP contribution is -1.87. The molecule has 0 radical (unpaired) electrons. The molecule has 16 heavy (non-hydrogen) atoms. The molecule has 0 N–H and O–H groups in total. The van der Waals surface area contributed by atoms with Crippen LogP contribution in [0.25, 0.3) is 21.8 Å². The van der Waals surface area contributed by atoms with Crippen LogP contribution in [0.5, 0.6) is 0 Å². The largest absolute Gasteiger partial charge is 0.270 e. The molecule has 6 nitrogen and oxygen atoms in total. The van der Waals surface area contributed by atoms with Gasteiger partial charge in [0.05, 0.1) is 4.92 Å². The third-order valence-electron chi connectivity index (χ3n) is 2.44. The minimum absolute atomic E-state index is 0.0586. The zero-order chi connectivity index (χ0) is 11.1. The highest BCUT2D eigenvalue weighted by atomic mass is 16.6. The molecule has 2 aromatic carbocycles. The van der Waals surface area contributed by atoms with Gasteiger partial charge in [0.25, 0.3) is 5.69 Å². The van der Waals surface area contributed by atoms with Crippen molar-refractivity contribution in [1.82, 2.24) is 10.3 Å². The fourth-order valence-electron chi connectivity index (χ4n) is 1.68. The number of nitro benzene ring substituents is 1. The molecule has 0 amide bonds. The second kappa shape index (κ2) is 2.99. The summed E-state index contributed by atoms with van der Waals surface area (Å²) < 4.78 is 4.62. The van der Waals surface area contributed by atoms with Crippen molar-refractivity contribution in [3.8, 4) is 0 Å². The Balaban J connectivity index is 2.41. The maximum atomic E-state index is 10.6. The number of hydrogen-bond acceptors (Lipinski definition) is 5. The molecule has 0 aliphatic heterocycles. The van der Waals surface area contributed by atoms with E-state index < -0.39 is 4.92 Å². The molecule has 3 rings (SSSR count). The van der Waals surface area contributed by atoms with Gasteiger partial charge in [-0.05, 0) is 27.8 Å². The molecule has 0 saturated heterocycles. The monoisotopic (exact) mass is 215 g/mol. The Morgan fingerprint density at radius 1 is 1.19 bits per heavy atom. The van der Waals surface area contributed by atoms with Crippen LogP contribution in [0.15, 0.2) is 35.0 Å². The fourth-order valence-corrected chi connectivity index (χ4v) is 1.68. The highest BCUT2D eigenvalue weighted by Crippen LogP contribution is 2.26. The van der Waals surface area contributed by atoms with Crippen molar-refractivity contribution in [1.29, 1.82) is 0 Å². The van der Waals surface area contributed by atoms with Crippen LogP contribution >= 0.6 is 0 Å². The van der Waals surface area contributed by atoms with Crippen molar-refractivity contribution in [2.45, 2.75) is 0 Å². The first-order valence-corrected chi connectivity index (χ1v) is 4.55. The lowest BCUT2D eigenvalue weighted by atomic mass is 10.1. The van der Waals surface area contributed by atoms with Crippen molar-refractivity contribution >= 4 is 27.5 Å². The average molecular weight is 215 g/mol. The van der Waals surface area contributed by atoms with Crippen LogP contribution in [-0.2, 0) is 0 Å². The standard InChI is InChI=1S/C10H5N3O3/c14-13(15)7-2-3-8-6(5-7)1-4-9-10(8)12-16-11-9/h1-5H. The van der Waals surface area contributed by atoms with Crippen LogP contribution < -0.4 is 0 Å². The Labute approximate surface area is 88.6 Å². The highest BCUT2D eigenvalue weighted by Gasteiger charge is 2.10. The Morgan fingerprint density at radius 2 is 2.06 bits per heavy atom. The van der Waals surface area contributed by atoms with E-state index in [0.29, 0.717) is 11.0 Å². The first kappa shape index (κ1) is 8.78. The van der Waals surface area contributed by atoms with Crippen LogP contribution in [0.2, 0.25) is 0 Å². The summed E-state index contributed by atoms with van der Waals surface area (Å²) in [5.41, 5.74) is 1.32. The van der Waals surface area contributed by atoms with Crippen LogP contribution in [0, 0.1) is 10.1 Å². The summed E-state index contributed by atoms with van der Waals surface area (Å²) in [4.78, 5) is 10.2. The van der Waals surface area contributed by atoms with Gasteiger partial charge in [0.2, 0.25) is 0 Å². The van der Waals surface area contributed by atoms with E-state index in [1.807, 2.05) is 0 Å². The molecule has 6 heteroatoms. The van der Waals surface area contributed by atoms with Gasteiger partial charge in [-0.15, -0.1) is 0 Å². The van der Waals surface area contributed by atoms with Crippen LogP contribution in [0.4, 0.5) is 5.69 Å². The number of hydrogen-bond donors (Lipinski definition) is 0. The zero-order valence-corrected chi connectivity index (χ0v) is 7.95. The summed E-state index contributed by atoms with van der Waals surface area (Å²) in [6, 6.07) is 8.08. The summed E-state index contributed by atoms with van der Waals surface area (Å²) in [6.45, 7) is 0. The summed E-state index contributed by atoms with van der Waals surface area (Å²) in [7, 11) is 0. The number of fused-ring (bicyclic) bond motifs is 3. The minimum Gasteiger partial charge on any atom is -0.258 e. The van der Waals surface area contributed by atoms with Crippen molar-refractivity contribution in [3.05, 3.63) is 40.4 Å². The summed E-state index contributed by atoms with van der Waals surface area (Å²) >= 11 is 0. The minimum atomic E-state index is -0.426. The van der Waals surface area contributed by atoms with Crippen LogP contribution in [0.1, 0.15) is 0 Å². The van der Waals surface area contributed by atoms with Crippen molar-refractivity contribution in [2.75, 3.05) is 0 Å². The molecule has 0 unspecified atom stereocenters. The maximum absolute atomic E-state index is 10.6. The second-order valence-electron chi connectivity index (χ2n) is 3.36. The predicted octanol–water partition coefficient (Wildman–Crippen LogP) is 2.28. The quantitative estimate of drug-likeness (QED) is 0.459. The molecular formula is C10H5N3O3. The van der Waals surface area contributed by atoms with Gasteiger partial charge in [-0.2, -0.15) is 0 Å². The maximum Gasteiger partial charge on any atom is 0.270 e. The Bertz CT molecular complexity index is 705. The Kier molecular flexibility index (Phi) is 1.64. The number of rotatable bonds is 1. The molecule has 1 aromatic heterocycles. The predicted molar refractivity (Wildman–Crippen MR) is 56.0 cm³/mol. The normalized spacial score (nSPS) is 11.0. The Morgan fingerprint density at radius 3 is 2.88 bits per heavy atom. The molecule has 0 saturated carbocycles. The van der Waals surface area contributed by atoms with Crippen molar-refractivity contribution in [3.63, 3.8) is 0 Å². The van der Waals surface area contributed by atoms with Crippen molar-refractivity contribution in [2.24, 2.45) is 0 Å². The zero-order valence-electron chi connectivity index (χ0n) is 7.95. The Hall–Kier alpha value is -2.50. The van der Waals surface area contributed by atoms with Crippen LogP contribution in [0.3, 0.4) is 0 Å². The second-order valence-corrected chi connectivity index (χ2v) is 3.36. The van der Waals surface area contributed by atoms with E-state index in [1.165, 1.54) is 12.1 Å². The molecule has 0 fully saturated rings. The molecule has 0 bridgehead atoms. The first-order valence-electron chi connectivity index (χ1n) is 4.55. The molecule has 78 valence electrons. The molecule has 1 heterocycles. The average Bonchev–Trinajstić information content (AvgIpc) is 2.76. The summed E-state index contributed by atoms with van der Waals surface area (Å²) in [5.74, 6) is 0. The van der Waals surface area contributed by atoms with Gasteiger partial charge in [-0.25, -0.2) is 4.63 Å². The van der Waals surface area contributed by atoms with Gasteiger partial charge in [0.1, 0.15) is 11.0 Å². The molecule has 0 aliphatic rings. The van der Waals surface area contributed by atoms with Gasteiger partial charge in [-0.3, -0.25) is 10.1 Å². The van der Waals surface area contributed by atoms with E-state index in [4.69, 9.17) is 0 Å². The summed E-state index contributed by atoms with van der Waals surface area (Å²) in [5, 5.41) is 19.6. The molecule has 0 aliphatic carbocycles. The number of aromatic nitrogens is 2. The van der Waals surface area contributed by atoms with Crippen LogP contribution in [-0.4, -0.2) is 15.2 Å². The highest BCUT2D eigenvalue weighted by molar-refractivity contribution is 6.04. The van der Waals surface area contributed by atoms with E-state index in [2.05, 4.69) is 14.9 Å². The van der Waals surface area contributed by atoms with Crippen molar-refractivity contribution < 1.29 is 9.55 Å². The molecule has 0 spiro atoms. The fraction of sp³-hybridized carbons (Fsp3) is 0.